The highest BCUT2D eigenvalue weighted by Gasteiger charge is 2.19. The van der Waals surface area contributed by atoms with Crippen molar-refractivity contribution in [1.29, 1.82) is 0 Å². The summed E-state index contributed by atoms with van der Waals surface area (Å²) in [5.74, 6) is 0.0707. The Kier molecular flexibility index (Phi) is 4.01. The van der Waals surface area contributed by atoms with Gasteiger partial charge in [-0.25, -0.2) is 9.78 Å². The number of carbonyl (C=O) groups is 1. The van der Waals surface area contributed by atoms with Gasteiger partial charge in [0.2, 0.25) is 5.00 Å². The van der Waals surface area contributed by atoms with Gasteiger partial charge < -0.3 is 0 Å². The molecular formula is C13H14N3O2S+. The molecule has 0 unspecified atom stereocenters. The fraction of sp³-hybridized carbons (Fsp3) is 0.231. The molecule has 98 valence electrons. The molecule has 2 rings (SSSR count). The van der Waals surface area contributed by atoms with E-state index in [4.69, 9.17) is 0 Å². The Labute approximate surface area is 114 Å². The lowest BCUT2D eigenvalue weighted by atomic mass is 9.97. The van der Waals surface area contributed by atoms with Crippen molar-refractivity contribution in [2.75, 3.05) is 5.32 Å². The number of thiazole rings is 1. The summed E-state index contributed by atoms with van der Waals surface area (Å²) in [6.45, 7) is 4.08. The van der Waals surface area contributed by atoms with E-state index in [1.807, 2.05) is 32.0 Å². The van der Waals surface area contributed by atoms with Crippen molar-refractivity contribution in [1.82, 2.24) is 0 Å². The normalized spacial score (nSPS) is 10.5. The maximum atomic E-state index is 12.2. The summed E-state index contributed by atoms with van der Waals surface area (Å²) in [6.07, 6.45) is 1.46. The molecule has 0 saturated carbocycles. The van der Waals surface area contributed by atoms with Crippen LogP contribution in [0.15, 0.2) is 35.6 Å². The fourth-order valence-electron chi connectivity index (χ4n) is 1.78. The third-order valence-corrected chi connectivity index (χ3v) is 3.50. The zero-order chi connectivity index (χ0) is 13.8. The minimum Gasteiger partial charge on any atom is -0.241 e. The Hall–Kier alpha value is -2.08. The molecule has 0 saturated heterocycles. The van der Waals surface area contributed by atoms with Gasteiger partial charge in [0.25, 0.3) is 0 Å². The largest absolute Gasteiger partial charge is 0.341 e. The van der Waals surface area contributed by atoms with Crippen molar-refractivity contribution in [3.8, 4) is 0 Å². The number of rotatable bonds is 4. The molecule has 1 heterocycles. The first kappa shape index (κ1) is 13.4. The van der Waals surface area contributed by atoms with Crippen LogP contribution in [-0.4, -0.2) is 5.91 Å². The van der Waals surface area contributed by atoms with Crippen LogP contribution >= 0.6 is 11.3 Å². The van der Waals surface area contributed by atoms with Gasteiger partial charge in [-0.3, -0.25) is 0 Å². The Morgan fingerprint density at radius 1 is 1.37 bits per heavy atom. The zero-order valence-electron chi connectivity index (χ0n) is 10.6. The predicted molar refractivity (Wildman–Crippen MR) is 74.8 cm³/mol. The smallest absolute Gasteiger partial charge is 0.241 e. The third kappa shape index (κ3) is 3.03. The van der Waals surface area contributed by atoms with Crippen molar-refractivity contribution in [3.05, 3.63) is 46.5 Å². The van der Waals surface area contributed by atoms with Crippen LogP contribution in [0.25, 0.3) is 0 Å². The number of nitroso groups, excluding NO2 is 1. The van der Waals surface area contributed by atoms with E-state index in [9.17, 15) is 9.70 Å². The summed E-state index contributed by atoms with van der Waals surface area (Å²) in [4.78, 5) is 25.3. The summed E-state index contributed by atoms with van der Waals surface area (Å²) in [6, 6.07) is 7.47. The highest BCUT2D eigenvalue weighted by atomic mass is 32.1. The van der Waals surface area contributed by atoms with E-state index in [0.29, 0.717) is 15.7 Å². The number of H-pyrrole nitrogens is 1. The van der Waals surface area contributed by atoms with E-state index < -0.39 is 0 Å². The molecule has 0 spiro atoms. The molecule has 19 heavy (non-hydrogen) atoms. The lowest BCUT2D eigenvalue weighted by Crippen LogP contribution is -2.18. The van der Waals surface area contributed by atoms with E-state index in [1.54, 1.807) is 6.07 Å². The Bertz CT molecular complexity index is 607. The Morgan fingerprint density at radius 3 is 2.74 bits per heavy atom. The molecule has 6 heteroatoms. The molecule has 1 amide bonds. The number of aromatic nitrogens is 1. The summed E-state index contributed by atoms with van der Waals surface area (Å²) < 4.78 is 0. The van der Waals surface area contributed by atoms with Crippen molar-refractivity contribution >= 4 is 27.4 Å². The van der Waals surface area contributed by atoms with Crippen LogP contribution in [0, 0.1) is 4.91 Å². The van der Waals surface area contributed by atoms with Gasteiger partial charge in [0.1, 0.15) is 6.20 Å². The molecular weight excluding hydrogens is 262 g/mol. The quantitative estimate of drug-likeness (QED) is 0.870. The van der Waals surface area contributed by atoms with Gasteiger partial charge in [0.05, 0.1) is 5.56 Å². The van der Waals surface area contributed by atoms with Crippen LogP contribution in [0.2, 0.25) is 0 Å². The molecule has 1 aromatic carbocycles. The minimum absolute atomic E-state index is 0.195. The highest BCUT2D eigenvalue weighted by Crippen LogP contribution is 2.24. The van der Waals surface area contributed by atoms with Crippen molar-refractivity contribution in [2.45, 2.75) is 19.8 Å². The monoisotopic (exact) mass is 276 g/mol. The third-order valence-electron chi connectivity index (χ3n) is 2.68. The van der Waals surface area contributed by atoms with Gasteiger partial charge in [-0.05, 0) is 34.1 Å². The second-order valence-corrected chi connectivity index (χ2v) is 5.38. The molecule has 0 bridgehead atoms. The number of aromatic amines is 1. The topological polar surface area (TPSA) is 72.7 Å². The number of anilines is 1. The zero-order valence-corrected chi connectivity index (χ0v) is 11.5. The molecule has 0 atom stereocenters. The molecule has 2 N–H and O–H groups in total. The van der Waals surface area contributed by atoms with Crippen molar-refractivity contribution in [3.63, 3.8) is 0 Å². The molecule has 0 aliphatic carbocycles. The number of benzene rings is 1. The summed E-state index contributed by atoms with van der Waals surface area (Å²) in [7, 11) is 0. The number of nitrogens with one attached hydrogen (secondary N) is 2. The first-order valence-corrected chi connectivity index (χ1v) is 6.68. The van der Waals surface area contributed by atoms with E-state index in [2.05, 4.69) is 15.5 Å². The average Bonchev–Trinajstić information content (AvgIpc) is 2.86. The first-order valence-electron chi connectivity index (χ1n) is 5.87. The summed E-state index contributed by atoms with van der Waals surface area (Å²) in [5.41, 5.74) is 1.63. The number of hydrogen-bond donors (Lipinski definition) is 1. The molecule has 0 aliphatic rings. The van der Waals surface area contributed by atoms with E-state index in [1.165, 1.54) is 6.20 Å². The predicted octanol–water partition coefficient (Wildman–Crippen LogP) is 3.34. The highest BCUT2D eigenvalue weighted by molar-refractivity contribution is 7.18. The SMILES string of the molecule is CC(C)c1ccccc1C(=O)Nc1[nH+]cc(N=O)s1. The van der Waals surface area contributed by atoms with Gasteiger partial charge >= 0.3 is 11.0 Å². The standard InChI is InChI=1S/C13H13N3O2S/c1-8(2)9-5-3-4-6-10(9)12(17)15-13-14-7-11(16-18)19-13/h3-8H,1-2H3,(H,14,15,17)/p+1. The Balaban J connectivity index is 2.22. The van der Waals surface area contributed by atoms with Crippen LogP contribution in [0.1, 0.15) is 35.7 Å². The second kappa shape index (κ2) is 5.71. The summed E-state index contributed by atoms with van der Waals surface area (Å²) in [5, 5.41) is 6.33. The van der Waals surface area contributed by atoms with E-state index in [0.717, 1.165) is 16.9 Å². The van der Waals surface area contributed by atoms with E-state index in [-0.39, 0.29) is 11.8 Å². The van der Waals surface area contributed by atoms with Gasteiger partial charge in [0.15, 0.2) is 0 Å². The maximum absolute atomic E-state index is 12.2. The molecule has 0 radical (unpaired) electrons. The first-order chi connectivity index (χ1) is 9.11. The molecule has 0 fully saturated rings. The second-order valence-electron chi connectivity index (χ2n) is 4.35. The van der Waals surface area contributed by atoms with Crippen LogP contribution in [0.5, 0.6) is 0 Å². The van der Waals surface area contributed by atoms with Crippen molar-refractivity contribution < 1.29 is 9.78 Å². The lowest BCUT2D eigenvalue weighted by molar-refractivity contribution is -0.353. The molecule has 0 aliphatic heterocycles. The number of carbonyl (C=O) groups excluding carboxylic acids is 1. The lowest BCUT2D eigenvalue weighted by Gasteiger charge is -2.09. The number of hydrogen-bond acceptors (Lipinski definition) is 4. The van der Waals surface area contributed by atoms with Crippen LogP contribution in [0.4, 0.5) is 10.1 Å². The van der Waals surface area contributed by atoms with Gasteiger partial charge in [-0.15, -0.1) is 4.91 Å². The molecule has 1 aromatic heterocycles. The molecule has 2 aromatic rings. The number of nitrogens with zero attached hydrogens (tertiary/aromatic N) is 1. The van der Waals surface area contributed by atoms with Gasteiger partial charge in [-0.2, -0.15) is 5.32 Å². The minimum atomic E-state index is -0.195. The van der Waals surface area contributed by atoms with Crippen LogP contribution in [0.3, 0.4) is 0 Å². The van der Waals surface area contributed by atoms with Gasteiger partial charge in [0, 0.05) is 0 Å². The summed E-state index contributed by atoms with van der Waals surface area (Å²) >= 11 is 1.10. The van der Waals surface area contributed by atoms with Crippen LogP contribution < -0.4 is 10.3 Å². The maximum Gasteiger partial charge on any atom is 0.341 e. The number of amides is 1. The van der Waals surface area contributed by atoms with Gasteiger partial charge in [-0.1, -0.05) is 32.0 Å². The Morgan fingerprint density at radius 2 is 2.11 bits per heavy atom. The van der Waals surface area contributed by atoms with Crippen LogP contribution in [-0.2, 0) is 0 Å². The average molecular weight is 276 g/mol. The fourth-order valence-corrected chi connectivity index (χ4v) is 2.40. The van der Waals surface area contributed by atoms with Crippen molar-refractivity contribution in [2.24, 2.45) is 5.18 Å². The van der Waals surface area contributed by atoms with E-state index >= 15 is 0 Å². The molecule has 5 nitrogen and oxygen atoms in total.